The van der Waals surface area contributed by atoms with Crippen LogP contribution in [0.15, 0.2) is 75.9 Å². The highest BCUT2D eigenvalue weighted by Gasteiger charge is 2.40. The van der Waals surface area contributed by atoms with E-state index in [1.807, 2.05) is 0 Å². The van der Waals surface area contributed by atoms with E-state index in [0.29, 0.717) is 5.75 Å². The fourth-order valence-electron chi connectivity index (χ4n) is 3.43. The lowest BCUT2D eigenvalue weighted by atomic mass is 10.0. The lowest BCUT2D eigenvalue weighted by molar-refractivity contribution is -0.152. The van der Waals surface area contributed by atoms with E-state index in [0.717, 1.165) is 6.07 Å². The van der Waals surface area contributed by atoms with Crippen molar-refractivity contribution in [2.45, 2.75) is 6.18 Å². The maximum absolute atomic E-state index is 13.9. The van der Waals surface area contributed by atoms with Gasteiger partial charge in [0.05, 0.1) is 30.7 Å². The van der Waals surface area contributed by atoms with Gasteiger partial charge in [-0.05, 0) is 42.5 Å². The zero-order chi connectivity index (χ0) is 24.5. The molecule has 4 aromatic rings. The van der Waals surface area contributed by atoms with Gasteiger partial charge in [-0.3, -0.25) is 4.79 Å². The van der Waals surface area contributed by atoms with Crippen molar-refractivity contribution in [3.05, 3.63) is 88.3 Å². The Kier molecular flexibility index (Phi) is 6.02. The van der Waals surface area contributed by atoms with Gasteiger partial charge in [0.15, 0.2) is 0 Å². The molecule has 0 radical (unpaired) electrons. The minimum atomic E-state index is -4.97. The van der Waals surface area contributed by atoms with Crippen molar-refractivity contribution in [1.82, 2.24) is 0 Å². The normalized spacial score (nSPS) is 11.3. The predicted octanol–water partition coefficient (Wildman–Crippen LogP) is 5.72. The van der Waals surface area contributed by atoms with E-state index in [9.17, 15) is 22.8 Å². The van der Waals surface area contributed by atoms with Gasteiger partial charge < -0.3 is 18.6 Å². The van der Waals surface area contributed by atoms with Gasteiger partial charge in [0.1, 0.15) is 22.8 Å². The Morgan fingerprint density at radius 1 is 0.882 bits per heavy atom. The van der Waals surface area contributed by atoms with Gasteiger partial charge in [0.25, 0.3) is 0 Å². The second-order valence-corrected chi connectivity index (χ2v) is 7.11. The highest BCUT2D eigenvalue weighted by Crippen LogP contribution is 2.40. The first-order valence-corrected chi connectivity index (χ1v) is 9.90. The second-order valence-electron chi connectivity index (χ2n) is 7.11. The molecule has 3 aromatic carbocycles. The van der Waals surface area contributed by atoms with Crippen LogP contribution in [0.25, 0.3) is 22.1 Å². The summed E-state index contributed by atoms with van der Waals surface area (Å²) < 4.78 is 62.3. The van der Waals surface area contributed by atoms with Crippen LogP contribution in [0.4, 0.5) is 13.2 Å². The van der Waals surface area contributed by atoms with Gasteiger partial charge >= 0.3 is 12.1 Å². The summed E-state index contributed by atoms with van der Waals surface area (Å²) in [6.45, 7) is 0. The van der Waals surface area contributed by atoms with Crippen LogP contribution in [-0.4, -0.2) is 20.2 Å². The van der Waals surface area contributed by atoms with Crippen molar-refractivity contribution in [2.75, 3.05) is 14.2 Å². The molecule has 0 saturated heterocycles. The molecule has 0 saturated carbocycles. The molecule has 0 aliphatic rings. The molecule has 0 spiro atoms. The molecule has 9 heteroatoms. The number of benzene rings is 3. The van der Waals surface area contributed by atoms with Crippen LogP contribution in [-0.2, 0) is 6.18 Å². The summed E-state index contributed by atoms with van der Waals surface area (Å²) in [4.78, 5) is 25.5. The summed E-state index contributed by atoms with van der Waals surface area (Å²) in [5.74, 6) is -1.69. The van der Waals surface area contributed by atoms with Crippen LogP contribution in [0.1, 0.15) is 16.1 Å². The third kappa shape index (κ3) is 4.32. The number of rotatable bonds is 5. The number of halogens is 3. The minimum absolute atomic E-state index is 0.0528. The number of alkyl halides is 3. The molecular weight excluding hydrogens is 453 g/mol. The molecule has 0 bridgehead atoms. The number of hydrogen-bond donors (Lipinski definition) is 0. The standard InChI is InChI=1S/C25H17F3O6/c1-31-15-9-7-14(8-10-15)24(30)33-16-11-12-18-20(13-16)34-23(25(26,27)28)21(22(18)29)17-5-3-4-6-19(17)32-2/h3-13H,1-2H3. The summed E-state index contributed by atoms with van der Waals surface area (Å²) in [7, 11) is 2.77. The number of para-hydroxylation sites is 1. The van der Waals surface area contributed by atoms with E-state index < -0.39 is 28.9 Å². The summed E-state index contributed by atoms with van der Waals surface area (Å²) in [6, 6.07) is 15.5. The van der Waals surface area contributed by atoms with E-state index in [2.05, 4.69) is 0 Å². The van der Waals surface area contributed by atoms with E-state index in [1.54, 1.807) is 18.2 Å². The van der Waals surface area contributed by atoms with Gasteiger partial charge in [-0.15, -0.1) is 0 Å². The Labute approximate surface area is 191 Å². The van der Waals surface area contributed by atoms with Gasteiger partial charge in [0, 0.05) is 11.6 Å². The summed E-state index contributed by atoms with van der Waals surface area (Å²) in [5, 5.41) is -0.113. The average molecular weight is 470 g/mol. The number of carbonyl (C=O) groups excluding carboxylic acids is 1. The third-order valence-corrected chi connectivity index (χ3v) is 5.03. The van der Waals surface area contributed by atoms with Crippen molar-refractivity contribution < 1.29 is 36.6 Å². The Bertz CT molecular complexity index is 1420. The lowest BCUT2D eigenvalue weighted by Crippen LogP contribution is -2.16. The highest BCUT2D eigenvalue weighted by atomic mass is 19.4. The molecule has 0 fully saturated rings. The summed E-state index contributed by atoms with van der Waals surface area (Å²) >= 11 is 0. The van der Waals surface area contributed by atoms with Crippen LogP contribution >= 0.6 is 0 Å². The van der Waals surface area contributed by atoms with Crippen molar-refractivity contribution in [1.29, 1.82) is 0 Å². The molecule has 0 aliphatic carbocycles. The number of carbonyl (C=O) groups is 1. The van der Waals surface area contributed by atoms with Crippen LogP contribution in [0.5, 0.6) is 17.2 Å². The number of esters is 1. The van der Waals surface area contributed by atoms with Crippen LogP contribution < -0.4 is 19.6 Å². The highest BCUT2D eigenvalue weighted by molar-refractivity contribution is 5.92. The fourth-order valence-corrected chi connectivity index (χ4v) is 3.43. The first-order chi connectivity index (χ1) is 16.2. The van der Waals surface area contributed by atoms with Gasteiger partial charge in [-0.1, -0.05) is 18.2 Å². The van der Waals surface area contributed by atoms with E-state index >= 15 is 0 Å². The molecule has 174 valence electrons. The Morgan fingerprint density at radius 2 is 1.56 bits per heavy atom. The van der Waals surface area contributed by atoms with E-state index in [4.69, 9.17) is 18.6 Å². The first kappa shape index (κ1) is 22.9. The zero-order valence-electron chi connectivity index (χ0n) is 17.9. The monoisotopic (exact) mass is 470 g/mol. The van der Waals surface area contributed by atoms with Crippen LogP contribution in [0.2, 0.25) is 0 Å². The third-order valence-electron chi connectivity index (χ3n) is 5.03. The largest absolute Gasteiger partial charge is 0.497 e. The molecule has 1 heterocycles. The van der Waals surface area contributed by atoms with Gasteiger partial charge in [-0.25, -0.2) is 4.79 Å². The summed E-state index contributed by atoms with van der Waals surface area (Å²) in [5.41, 5.74) is -1.80. The molecule has 34 heavy (non-hydrogen) atoms. The predicted molar refractivity (Wildman–Crippen MR) is 117 cm³/mol. The topological polar surface area (TPSA) is 75.0 Å². The molecular formula is C25H17F3O6. The molecule has 0 amide bonds. The Hall–Kier alpha value is -4.27. The minimum Gasteiger partial charge on any atom is -0.497 e. The first-order valence-electron chi connectivity index (χ1n) is 9.90. The number of ether oxygens (including phenoxy) is 3. The lowest BCUT2D eigenvalue weighted by Gasteiger charge is -2.15. The van der Waals surface area contributed by atoms with Crippen molar-refractivity contribution in [3.8, 4) is 28.4 Å². The summed E-state index contributed by atoms with van der Waals surface area (Å²) in [6.07, 6.45) is -4.97. The molecule has 0 atom stereocenters. The van der Waals surface area contributed by atoms with Crippen LogP contribution in [0, 0.1) is 0 Å². The zero-order valence-corrected chi connectivity index (χ0v) is 17.9. The molecule has 1 aromatic heterocycles. The SMILES string of the molecule is COc1ccc(C(=O)Oc2ccc3c(=O)c(-c4ccccc4OC)c(C(F)(F)F)oc3c2)cc1. The molecule has 0 N–H and O–H groups in total. The number of fused-ring (bicyclic) bond motifs is 1. The molecule has 6 nitrogen and oxygen atoms in total. The van der Waals surface area contributed by atoms with Crippen LogP contribution in [0.3, 0.4) is 0 Å². The average Bonchev–Trinajstić information content (AvgIpc) is 2.83. The smallest absolute Gasteiger partial charge is 0.450 e. The van der Waals surface area contributed by atoms with Gasteiger partial charge in [-0.2, -0.15) is 13.2 Å². The second kappa shape index (κ2) is 8.93. The number of methoxy groups -OCH3 is 2. The van der Waals surface area contributed by atoms with Gasteiger partial charge in [0.2, 0.25) is 11.2 Å². The quantitative estimate of drug-likeness (QED) is 0.275. The van der Waals surface area contributed by atoms with E-state index in [1.165, 1.54) is 56.7 Å². The molecule has 4 rings (SSSR count). The van der Waals surface area contributed by atoms with Crippen molar-refractivity contribution in [2.24, 2.45) is 0 Å². The van der Waals surface area contributed by atoms with E-state index in [-0.39, 0.29) is 33.6 Å². The Balaban J connectivity index is 1.81. The number of hydrogen-bond acceptors (Lipinski definition) is 6. The Morgan fingerprint density at radius 3 is 2.21 bits per heavy atom. The molecule has 0 unspecified atom stereocenters. The fraction of sp³-hybridized carbons (Fsp3) is 0.120. The van der Waals surface area contributed by atoms with Crippen molar-refractivity contribution in [3.63, 3.8) is 0 Å². The maximum Gasteiger partial charge on any atom is 0.450 e. The molecule has 0 aliphatic heterocycles. The van der Waals surface area contributed by atoms with Crippen molar-refractivity contribution >= 4 is 16.9 Å². The maximum atomic E-state index is 13.9.